The zero-order valence-electron chi connectivity index (χ0n) is 14.7. The molecule has 1 aliphatic rings. The van der Waals surface area contributed by atoms with Crippen molar-refractivity contribution in [3.63, 3.8) is 0 Å². The van der Waals surface area contributed by atoms with Crippen molar-refractivity contribution in [2.75, 3.05) is 5.73 Å². The predicted octanol–water partition coefficient (Wildman–Crippen LogP) is 2.92. The largest absolute Gasteiger partial charge is 0.474 e. The summed E-state index contributed by atoms with van der Waals surface area (Å²) in [6.45, 7) is 7.41. The van der Waals surface area contributed by atoms with Crippen LogP contribution in [0.15, 0.2) is 12.3 Å². The maximum Gasteiger partial charge on any atom is 0.407 e. The van der Waals surface area contributed by atoms with E-state index < -0.39 is 11.7 Å². The average Bonchev–Trinajstić information content (AvgIpc) is 3.22. The number of anilines is 1. The summed E-state index contributed by atoms with van der Waals surface area (Å²) >= 11 is 0. The van der Waals surface area contributed by atoms with Crippen molar-refractivity contribution < 1.29 is 14.3 Å². The van der Waals surface area contributed by atoms with Gasteiger partial charge in [-0.3, -0.25) is 0 Å². The first kappa shape index (κ1) is 18.0. The van der Waals surface area contributed by atoms with Crippen molar-refractivity contribution in [1.82, 2.24) is 15.3 Å². The normalized spacial score (nSPS) is 16.0. The SMILES string of the molecule is C[C@@H](C/C=C/c1cnc(N)nc1OC1CC1)NC(=O)OC(C)(C)C. The van der Waals surface area contributed by atoms with E-state index in [0.29, 0.717) is 12.3 Å². The van der Waals surface area contributed by atoms with Gasteiger partial charge in [0.1, 0.15) is 11.7 Å². The van der Waals surface area contributed by atoms with Crippen molar-refractivity contribution in [1.29, 1.82) is 0 Å². The zero-order chi connectivity index (χ0) is 17.7. The maximum atomic E-state index is 11.7. The van der Waals surface area contributed by atoms with Gasteiger partial charge in [-0.1, -0.05) is 12.2 Å². The number of nitrogen functional groups attached to an aromatic ring is 1. The molecule has 132 valence electrons. The van der Waals surface area contributed by atoms with Gasteiger partial charge in [0.2, 0.25) is 11.8 Å². The molecule has 1 atom stereocenters. The molecule has 7 nitrogen and oxygen atoms in total. The average molecular weight is 334 g/mol. The van der Waals surface area contributed by atoms with Crippen molar-refractivity contribution in [3.05, 3.63) is 17.8 Å². The summed E-state index contributed by atoms with van der Waals surface area (Å²) < 4.78 is 11.0. The summed E-state index contributed by atoms with van der Waals surface area (Å²) in [5.41, 5.74) is 5.89. The molecule has 0 unspecified atom stereocenters. The summed E-state index contributed by atoms with van der Waals surface area (Å²) in [6.07, 6.45) is 8.01. The summed E-state index contributed by atoms with van der Waals surface area (Å²) in [5.74, 6) is 0.705. The number of aromatic nitrogens is 2. The number of hydrogen-bond donors (Lipinski definition) is 2. The van der Waals surface area contributed by atoms with Crippen LogP contribution in [0.3, 0.4) is 0 Å². The Morgan fingerprint density at radius 3 is 2.83 bits per heavy atom. The van der Waals surface area contributed by atoms with E-state index in [4.69, 9.17) is 15.2 Å². The molecule has 1 amide bonds. The Kier molecular flexibility index (Phi) is 5.64. The van der Waals surface area contributed by atoms with Crippen LogP contribution in [0.25, 0.3) is 6.08 Å². The van der Waals surface area contributed by atoms with Crippen LogP contribution in [-0.4, -0.2) is 33.8 Å². The van der Waals surface area contributed by atoms with Crippen LogP contribution in [0.4, 0.5) is 10.7 Å². The fourth-order valence-electron chi connectivity index (χ4n) is 1.91. The zero-order valence-corrected chi connectivity index (χ0v) is 14.7. The number of carbonyl (C=O) groups excluding carboxylic acids is 1. The summed E-state index contributed by atoms with van der Waals surface area (Å²) in [5, 5.41) is 2.79. The van der Waals surface area contributed by atoms with Crippen molar-refractivity contribution in [3.8, 4) is 5.88 Å². The molecule has 1 saturated carbocycles. The smallest absolute Gasteiger partial charge is 0.407 e. The van der Waals surface area contributed by atoms with E-state index in [1.807, 2.05) is 39.8 Å². The molecular formula is C17H26N4O3. The number of nitrogens with zero attached hydrogens (tertiary/aromatic N) is 2. The highest BCUT2D eigenvalue weighted by molar-refractivity contribution is 5.68. The lowest BCUT2D eigenvalue weighted by Gasteiger charge is -2.21. The predicted molar refractivity (Wildman–Crippen MR) is 92.6 cm³/mol. The Morgan fingerprint density at radius 1 is 1.50 bits per heavy atom. The third-order valence-corrected chi connectivity index (χ3v) is 3.15. The minimum Gasteiger partial charge on any atom is -0.474 e. The van der Waals surface area contributed by atoms with Crippen LogP contribution >= 0.6 is 0 Å². The standard InChI is InChI=1S/C17H26N4O3/c1-11(20-16(22)24-17(2,3)4)6-5-7-12-10-19-15(18)21-14(12)23-13-8-9-13/h5,7,10-11,13H,6,8-9H2,1-4H3,(H,20,22)(H2,18,19,21)/b7-5+/t11-/m0/s1. The molecule has 0 aromatic carbocycles. The van der Waals surface area contributed by atoms with Gasteiger partial charge >= 0.3 is 6.09 Å². The van der Waals surface area contributed by atoms with Gasteiger partial charge in [-0.2, -0.15) is 4.98 Å². The molecule has 0 radical (unpaired) electrons. The van der Waals surface area contributed by atoms with Gasteiger partial charge in [-0.05, 0) is 47.0 Å². The topological polar surface area (TPSA) is 99.4 Å². The third-order valence-electron chi connectivity index (χ3n) is 3.15. The molecule has 1 aromatic heterocycles. The Labute approximate surface area is 142 Å². The first-order valence-corrected chi connectivity index (χ1v) is 8.18. The van der Waals surface area contributed by atoms with Gasteiger partial charge in [0.25, 0.3) is 0 Å². The first-order chi connectivity index (χ1) is 11.2. The molecule has 7 heteroatoms. The molecular weight excluding hydrogens is 308 g/mol. The minimum atomic E-state index is -0.504. The molecule has 1 fully saturated rings. The van der Waals surface area contributed by atoms with Gasteiger partial charge < -0.3 is 20.5 Å². The van der Waals surface area contributed by atoms with Crippen molar-refractivity contribution in [2.45, 2.75) is 64.7 Å². The lowest BCUT2D eigenvalue weighted by molar-refractivity contribution is 0.0509. The molecule has 1 aromatic rings. The number of ether oxygens (including phenoxy) is 2. The summed E-state index contributed by atoms with van der Waals surface area (Å²) in [6, 6.07) is -0.0569. The number of nitrogens with two attached hydrogens (primary N) is 1. The van der Waals surface area contributed by atoms with Gasteiger partial charge in [0.05, 0.1) is 5.56 Å². The van der Waals surface area contributed by atoms with Crippen LogP contribution < -0.4 is 15.8 Å². The van der Waals surface area contributed by atoms with Crippen molar-refractivity contribution in [2.24, 2.45) is 0 Å². The number of alkyl carbamates (subject to hydrolysis) is 1. The number of hydrogen-bond acceptors (Lipinski definition) is 6. The van der Waals surface area contributed by atoms with Crippen LogP contribution in [-0.2, 0) is 4.74 Å². The Balaban J connectivity index is 1.88. The van der Waals surface area contributed by atoms with E-state index in [-0.39, 0.29) is 18.1 Å². The molecule has 0 spiro atoms. The fourth-order valence-corrected chi connectivity index (χ4v) is 1.91. The molecule has 1 heterocycles. The second-order valence-corrected chi connectivity index (χ2v) is 6.99. The lowest BCUT2D eigenvalue weighted by atomic mass is 10.2. The minimum absolute atomic E-state index is 0.0569. The quantitative estimate of drug-likeness (QED) is 0.830. The highest BCUT2D eigenvalue weighted by Crippen LogP contribution is 2.28. The first-order valence-electron chi connectivity index (χ1n) is 8.18. The van der Waals surface area contributed by atoms with E-state index in [2.05, 4.69) is 15.3 Å². The third kappa shape index (κ3) is 6.44. The van der Waals surface area contributed by atoms with E-state index in [9.17, 15) is 4.79 Å². The molecule has 1 aliphatic carbocycles. The molecule has 0 aliphatic heterocycles. The van der Waals surface area contributed by atoms with Gasteiger partial charge in [-0.25, -0.2) is 9.78 Å². The number of carbonyl (C=O) groups is 1. The summed E-state index contributed by atoms with van der Waals surface area (Å²) in [4.78, 5) is 19.9. The van der Waals surface area contributed by atoms with Crippen LogP contribution in [0, 0.1) is 0 Å². The fraction of sp³-hybridized carbons (Fsp3) is 0.588. The van der Waals surface area contributed by atoms with E-state index in [1.54, 1.807) is 6.20 Å². The monoisotopic (exact) mass is 334 g/mol. The lowest BCUT2D eigenvalue weighted by Crippen LogP contribution is -2.37. The molecule has 0 bridgehead atoms. The number of nitrogens with one attached hydrogen (secondary N) is 1. The molecule has 2 rings (SSSR count). The second kappa shape index (κ2) is 7.51. The van der Waals surface area contributed by atoms with E-state index in [1.165, 1.54) is 0 Å². The van der Waals surface area contributed by atoms with Gasteiger partial charge in [0, 0.05) is 12.2 Å². The second-order valence-electron chi connectivity index (χ2n) is 6.99. The van der Waals surface area contributed by atoms with E-state index in [0.717, 1.165) is 18.4 Å². The molecule has 24 heavy (non-hydrogen) atoms. The highest BCUT2D eigenvalue weighted by Gasteiger charge is 2.25. The Bertz CT molecular complexity index is 606. The van der Waals surface area contributed by atoms with Crippen molar-refractivity contribution >= 4 is 18.1 Å². The number of rotatable bonds is 6. The summed E-state index contributed by atoms with van der Waals surface area (Å²) in [7, 11) is 0. The van der Waals surface area contributed by atoms with Crippen LogP contribution in [0.2, 0.25) is 0 Å². The molecule has 3 N–H and O–H groups in total. The van der Waals surface area contributed by atoms with Gasteiger partial charge in [0.15, 0.2) is 0 Å². The molecule has 0 saturated heterocycles. The van der Waals surface area contributed by atoms with E-state index >= 15 is 0 Å². The highest BCUT2D eigenvalue weighted by atomic mass is 16.6. The number of amides is 1. The van der Waals surface area contributed by atoms with Crippen LogP contribution in [0.1, 0.15) is 52.5 Å². The van der Waals surface area contributed by atoms with Gasteiger partial charge in [-0.15, -0.1) is 0 Å². The Hall–Kier alpha value is -2.31. The van der Waals surface area contributed by atoms with Crippen LogP contribution in [0.5, 0.6) is 5.88 Å². The maximum absolute atomic E-state index is 11.7. The Morgan fingerprint density at radius 2 is 2.21 bits per heavy atom.